The summed E-state index contributed by atoms with van der Waals surface area (Å²) in [6, 6.07) is 4.84. The molecule has 0 amide bonds. The van der Waals surface area contributed by atoms with Crippen LogP contribution in [0.15, 0.2) is 27.9 Å². The Bertz CT molecular complexity index is 893. The molecule has 0 spiro atoms. The van der Waals surface area contributed by atoms with E-state index in [1.54, 1.807) is 22.9 Å². The molecule has 1 unspecified atom stereocenters. The summed E-state index contributed by atoms with van der Waals surface area (Å²) in [7, 11) is 0. The molecule has 0 aromatic carbocycles. The average molecular weight is 328 g/mol. The normalized spacial score (nSPS) is 18.6. The summed E-state index contributed by atoms with van der Waals surface area (Å²) in [6.45, 7) is 3.06. The summed E-state index contributed by atoms with van der Waals surface area (Å²) in [6.07, 6.45) is 4.08. The van der Waals surface area contributed by atoms with Crippen LogP contribution < -0.4 is 11.1 Å². The van der Waals surface area contributed by atoms with Crippen LogP contribution in [0.3, 0.4) is 0 Å². The molecule has 0 saturated carbocycles. The summed E-state index contributed by atoms with van der Waals surface area (Å²) in [5, 5.41) is 19.0. The lowest BCUT2D eigenvalue weighted by atomic mass is 10.1. The van der Waals surface area contributed by atoms with Gasteiger partial charge in [-0.2, -0.15) is 5.26 Å². The zero-order valence-electron chi connectivity index (χ0n) is 13.4. The SMILES string of the molecule is N#Cc1cc2c(=O)n(CCCN3CCCC(O)C3)ccc2[nH]c1=O. The zero-order valence-corrected chi connectivity index (χ0v) is 13.4. The number of fused-ring (bicyclic) bond motifs is 1. The minimum atomic E-state index is -0.481. The van der Waals surface area contributed by atoms with Gasteiger partial charge in [0.1, 0.15) is 11.6 Å². The van der Waals surface area contributed by atoms with E-state index >= 15 is 0 Å². The Labute approximate surface area is 138 Å². The van der Waals surface area contributed by atoms with E-state index in [4.69, 9.17) is 5.26 Å². The van der Waals surface area contributed by atoms with Crippen molar-refractivity contribution in [3.63, 3.8) is 0 Å². The van der Waals surface area contributed by atoms with Crippen molar-refractivity contribution in [3.05, 3.63) is 44.6 Å². The van der Waals surface area contributed by atoms with Gasteiger partial charge in [-0.25, -0.2) is 0 Å². The van der Waals surface area contributed by atoms with Gasteiger partial charge >= 0.3 is 0 Å². The molecule has 0 aliphatic carbocycles. The number of likely N-dealkylation sites (tertiary alicyclic amines) is 1. The average Bonchev–Trinajstić information content (AvgIpc) is 2.57. The van der Waals surface area contributed by atoms with Gasteiger partial charge in [-0.3, -0.25) is 9.59 Å². The molecule has 1 saturated heterocycles. The number of pyridine rings is 2. The number of nitrogens with one attached hydrogen (secondary N) is 1. The number of hydrogen-bond donors (Lipinski definition) is 2. The molecule has 1 fully saturated rings. The topological polar surface area (TPSA) is 102 Å². The number of aryl methyl sites for hydroxylation is 1. The Kier molecular flexibility index (Phi) is 4.79. The van der Waals surface area contributed by atoms with Gasteiger partial charge in [-0.15, -0.1) is 0 Å². The molecule has 126 valence electrons. The van der Waals surface area contributed by atoms with Crippen LogP contribution in [-0.2, 0) is 6.54 Å². The molecular weight excluding hydrogens is 308 g/mol. The van der Waals surface area contributed by atoms with Crippen LogP contribution in [-0.4, -0.2) is 45.3 Å². The molecular formula is C17H20N4O3. The molecule has 7 nitrogen and oxygen atoms in total. The third kappa shape index (κ3) is 3.40. The molecule has 24 heavy (non-hydrogen) atoms. The first-order valence-corrected chi connectivity index (χ1v) is 8.15. The first-order chi connectivity index (χ1) is 11.6. The molecule has 0 bridgehead atoms. The van der Waals surface area contributed by atoms with Gasteiger partial charge in [-0.05, 0) is 44.5 Å². The van der Waals surface area contributed by atoms with E-state index in [2.05, 4.69) is 9.88 Å². The van der Waals surface area contributed by atoms with Gasteiger partial charge in [0, 0.05) is 19.3 Å². The van der Waals surface area contributed by atoms with Gasteiger partial charge in [0.2, 0.25) is 0 Å². The predicted octanol–water partition coefficient (Wildman–Crippen LogP) is 0.408. The second-order valence-electron chi connectivity index (χ2n) is 6.22. The summed E-state index contributed by atoms with van der Waals surface area (Å²) >= 11 is 0. The van der Waals surface area contributed by atoms with E-state index in [1.807, 2.05) is 0 Å². The van der Waals surface area contributed by atoms with Crippen molar-refractivity contribution < 1.29 is 5.11 Å². The number of hydrogen-bond acceptors (Lipinski definition) is 5. The molecule has 1 aliphatic rings. The van der Waals surface area contributed by atoms with Crippen LogP contribution in [0.2, 0.25) is 0 Å². The maximum absolute atomic E-state index is 12.5. The molecule has 3 heterocycles. The van der Waals surface area contributed by atoms with Crippen LogP contribution in [0.25, 0.3) is 10.9 Å². The fourth-order valence-corrected chi connectivity index (χ4v) is 3.20. The monoisotopic (exact) mass is 328 g/mol. The van der Waals surface area contributed by atoms with Crippen molar-refractivity contribution in [3.8, 4) is 6.07 Å². The number of H-pyrrole nitrogens is 1. The number of nitrogens with zero attached hydrogens (tertiary/aromatic N) is 3. The van der Waals surface area contributed by atoms with Crippen LogP contribution >= 0.6 is 0 Å². The van der Waals surface area contributed by atoms with Crippen LogP contribution in [0.1, 0.15) is 24.8 Å². The third-order valence-corrected chi connectivity index (χ3v) is 4.46. The fourth-order valence-electron chi connectivity index (χ4n) is 3.20. The predicted molar refractivity (Wildman–Crippen MR) is 89.8 cm³/mol. The number of nitriles is 1. The standard InChI is InChI=1S/C17H20N4O3/c18-10-12-9-14-15(19-16(12)23)4-8-21(17(14)24)7-2-6-20-5-1-3-13(22)11-20/h4,8-9,13,22H,1-3,5-7,11H2,(H,19,23). The third-order valence-electron chi connectivity index (χ3n) is 4.46. The molecule has 0 radical (unpaired) electrons. The summed E-state index contributed by atoms with van der Waals surface area (Å²) in [4.78, 5) is 28.9. The highest BCUT2D eigenvalue weighted by Crippen LogP contribution is 2.10. The maximum Gasteiger partial charge on any atom is 0.266 e. The Morgan fingerprint density at radius 3 is 2.96 bits per heavy atom. The largest absolute Gasteiger partial charge is 0.392 e. The highest BCUT2D eigenvalue weighted by Gasteiger charge is 2.17. The second-order valence-corrected chi connectivity index (χ2v) is 6.22. The minimum Gasteiger partial charge on any atom is -0.392 e. The number of rotatable bonds is 4. The smallest absolute Gasteiger partial charge is 0.266 e. The first-order valence-electron chi connectivity index (χ1n) is 8.15. The van der Waals surface area contributed by atoms with Crippen LogP contribution in [0, 0.1) is 11.3 Å². The van der Waals surface area contributed by atoms with E-state index < -0.39 is 5.56 Å². The molecule has 2 N–H and O–H groups in total. The number of aliphatic hydroxyl groups is 1. The summed E-state index contributed by atoms with van der Waals surface area (Å²) < 4.78 is 1.60. The fraction of sp³-hybridized carbons (Fsp3) is 0.471. The number of piperidine rings is 1. The van der Waals surface area contributed by atoms with Crippen molar-refractivity contribution in [1.29, 1.82) is 5.26 Å². The van der Waals surface area contributed by atoms with E-state index in [9.17, 15) is 14.7 Å². The highest BCUT2D eigenvalue weighted by atomic mass is 16.3. The lowest BCUT2D eigenvalue weighted by molar-refractivity contribution is 0.0695. The van der Waals surface area contributed by atoms with Gasteiger partial charge in [0.15, 0.2) is 0 Å². The molecule has 1 atom stereocenters. The van der Waals surface area contributed by atoms with Crippen molar-refractivity contribution >= 4 is 10.9 Å². The van der Waals surface area contributed by atoms with E-state index in [1.165, 1.54) is 6.07 Å². The quantitative estimate of drug-likeness (QED) is 0.846. The first kappa shape index (κ1) is 16.4. The lowest BCUT2D eigenvalue weighted by Crippen LogP contribution is -2.39. The molecule has 1 aliphatic heterocycles. The minimum absolute atomic E-state index is 0.0559. The van der Waals surface area contributed by atoms with Gasteiger partial charge < -0.3 is 19.6 Å². The van der Waals surface area contributed by atoms with Crippen molar-refractivity contribution in [2.45, 2.75) is 31.9 Å². The van der Waals surface area contributed by atoms with Gasteiger partial charge in [0.05, 0.1) is 17.0 Å². The van der Waals surface area contributed by atoms with E-state index in [0.717, 1.165) is 32.4 Å². The van der Waals surface area contributed by atoms with Crippen molar-refractivity contribution in [2.24, 2.45) is 0 Å². The summed E-state index contributed by atoms with van der Waals surface area (Å²) in [5.74, 6) is 0. The lowest BCUT2D eigenvalue weighted by Gasteiger charge is -2.29. The molecule has 2 aromatic heterocycles. The number of β-amino-alcohol motifs (C(OH)–C–C–N with tert-alkyl or cyclic N) is 1. The zero-order chi connectivity index (χ0) is 17.1. The van der Waals surface area contributed by atoms with E-state index in [-0.39, 0.29) is 17.2 Å². The van der Waals surface area contributed by atoms with E-state index in [0.29, 0.717) is 24.0 Å². The Hall–Kier alpha value is -2.43. The van der Waals surface area contributed by atoms with Crippen LogP contribution in [0.5, 0.6) is 0 Å². The molecule has 2 aromatic rings. The van der Waals surface area contributed by atoms with Gasteiger partial charge in [0.25, 0.3) is 11.1 Å². The molecule has 7 heteroatoms. The number of aromatic amines is 1. The molecule has 3 rings (SSSR count). The van der Waals surface area contributed by atoms with Gasteiger partial charge in [-0.1, -0.05) is 0 Å². The summed E-state index contributed by atoms with van der Waals surface area (Å²) in [5.41, 5.74) is -0.302. The number of aliphatic hydroxyl groups excluding tert-OH is 1. The Balaban J connectivity index is 1.74. The van der Waals surface area contributed by atoms with Crippen LogP contribution in [0.4, 0.5) is 0 Å². The number of aromatic nitrogens is 2. The van der Waals surface area contributed by atoms with Crippen molar-refractivity contribution in [2.75, 3.05) is 19.6 Å². The van der Waals surface area contributed by atoms with Crippen molar-refractivity contribution in [1.82, 2.24) is 14.5 Å². The Morgan fingerprint density at radius 2 is 2.21 bits per heavy atom. The second kappa shape index (κ2) is 6.99. The maximum atomic E-state index is 12.5. The highest BCUT2D eigenvalue weighted by molar-refractivity contribution is 5.78. The Morgan fingerprint density at radius 1 is 1.38 bits per heavy atom.